The zero-order chi connectivity index (χ0) is 14.4. The fourth-order valence-electron chi connectivity index (χ4n) is 1.93. The molecule has 106 valence electrons. The summed E-state index contributed by atoms with van der Waals surface area (Å²) >= 11 is 1.73. The Bertz CT molecular complexity index is 560. The first-order valence-corrected chi connectivity index (χ1v) is 7.29. The molecule has 2 aromatic rings. The monoisotopic (exact) mass is 289 g/mol. The predicted octanol–water partition coefficient (Wildman–Crippen LogP) is 3.50. The molecule has 2 N–H and O–H groups in total. The van der Waals surface area contributed by atoms with Crippen LogP contribution in [-0.4, -0.2) is 20.8 Å². The Morgan fingerprint density at radius 2 is 1.65 bits per heavy atom. The largest absolute Gasteiger partial charge is 0.497 e. The second kappa shape index (κ2) is 7.22. The number of ether oxygens (including phenoxy) is 2. The molecule has 0 heterocycles. The average Bonchev–Trinajstić information content (AvgIpc) is 2.52. The Labute approximate surface area is 124 Å². The third-order valence-electron chi connectivity index (χ3n) is 3.00. The Morgan fingerprint density at radius 3 is 2.30 bits per heavy atom. The van der Waals surface area contributed by atoms with Crippen LogP contribution in [-0.2, 0) is 0 Å². The van der Waals surface area contributed by atoms with Gasteiger partial charge in [0.1, 0.15) is 11.5 Å². The van der Waals surface area contributed by atoms with E-state index in [4.69, 9.17) is 15.2 Å². The van der Waals surface area contributed by atoms with Crippen molar-refractivity contribution in [2.45, 2.75) is 10.1 Å². The summed E-state index contributed by atoms with van der Waals surface area (Å²) in [6, 6.07) is 16.0. The van der Waals surface area contributed by atoms with E-state index in [-0.39, 0.29) is 5.25 Å². The van der Waals surface area contributed by atoms with Crippen LogP contribution in [0.15, 0.2) is 53.4 Å². The molecule has 4 heteroatoms. The van der Waals surface area contributed by atoms with Gasteiger partial charge in [-0.15, -0.1) is 11.8 Å². The molecule has 0 saturated carbocycles. The molecule has 0 spiro atoms. The molecule has 0 aliphatic rings. The number of rotatable bonds is 6. The molecule has 2 aromatic carbocycles. The van der Waals surface area contributed by atoms with Gasteiger partial charge < -0.3 is 15.2 Å². The Kier molecular flexibility index (Phi) is 5.32. The summed E-state index contributed by atoms with van der Waals surface area (Å²) in [5.74, 6) is 1.71. The maximum atomic E-state index is 5.92. The van der Waals surface area contributed by atoms with E-state index in [0.717, 1.165) is 16.4 Å². The van der Waals surface area contributed by atoms with Gasteiger partial charge in [0.05, 0.1) is 14.2 Å². The molecule has 1 atom stereocenters. The number of nitrogens with two attached hydrogens (primary N) is 1. The van der Waals surface area contributed by atoms with Crippen molar-refractivity contribution >= 4 is 11.8 Å². The standard InChI is InChI=1S/C16H19NO2S/c1-18-13-6-3-5-12(9-13)16(11-17)20-15-8-4-7-14(10-15)19-2/h3-10,16H,11,17H2,1-2H3. The second-order valence-electron chi connectivity index (χ2n) is 4.30. The zero-order valence-electron chi connectivity index (χ0n) is 11.7. The Morgan fingerprint density at radius 1 is 1.00 bits per heavy atom. The maximum Gasteiger partial charge on any atom is 0.119 e. The molecule has 3 nitrogen and oxygen atoms in total. The predicted molar refractivity (Wildman–Crippen MR) is 83.6 cm³/mol. The van der Waals surface area contributed by atoms with Gasteiger partial charge in [-0.25, -0.2) is 0 Å². The van der Waals surface area contributed by atoms with E-state index in [1.807, 2.05) is 36.4 Å². The number of methoxy groups -OCH3 is 2. The first-order valence-electron chi connectivity index (χ1n) is 6.41. The van der Waals surface area contributed by atoms with Crippen LogP contribution in [0.3, 0.4) is 0 Å². The number of hydrogen-bond acceptors (Lipinski definition) is 4. The second-order valence-corrected chi connectivity index (χ2v) is 5.57. The van der Waals surface area contributed by atoms with Crippen LogP contribution in [0.25, 0.3) is 0 Å². The lowest BCUT2D eigenvalue weighted by Gasteiger charge is -2.16. The number of hydrogen-bond donors (Lipinski definition) is 1. The third kappa shape index (κ3) is 3.68. The molecule has 0 bridgehead atoms. The summed E-state index contributed by atoms with van der Waals surface area (Å²) < 4.78 is 10.5. The summed E-state index contributed by atoms with van der Waals surface area (Å²) in [6.07, 6.45) is 0. The summed E-state index contributed by atoms with van der Waals surface area (Å²) in [5.41, 5.74) is 7.09. The van der Waals surface area contributed by atoms with E-state index in [9.17, 15) is 0 Å². The lowest BCUT2D eigenvalue weighted by Crippen LogP contribution is -2.09. The summed E-state index contributed by atoms with van der Waals surface area (Å²) in [7, 11) is 3.35. The van der Waals surface area contributed by atoms with Gasteiger partial charge in [-0.05, 0) is 35.9 Å². The van der Waals surface area contributed by atoms with Crippen LogP contribution in [0, 0.1) is 0 Å². The van der Waals surface area contributed by atoms with Gasteiger partial charge in [-0.1, -0.05) is 18.2 Å². The van der Waals surface area contributed by atoms with Crippen molar-refractivity contribution in [2.75, 3.05) is 20.8 Å². The molecular weight excluding hydrogens is 270 g/mol. The molecule has 0 fully saturated rings. The van der Waals surface area contributed by atoms with Gasteiger partial charge in [0.15, 0.2) is 0 Å². The Balaban J connectivity index is 2.19. The summed E-state index contributed by atoms with van der Waals surface area (Å²) in [6.45, 7) is 0.565. The van der Waals surface area contributed by atoms with Crippen molar-refractivity contribution in [3.63, 3.8) is 0 Å². The molecule has 0 saturated heterocycles. The molecular formula is C16H19NO2S. The van der Waals surface area contributed by atoms with E-state index < -0.39 is 0 Å². The van der Waals surface area contributed by atoms with Crippen LogP contribution in [0.5, 0.6) is 11.5 Å². The van der Waals surface area contributed by atoms with Crippen LogP contribution in [0.1, 0.15) is 10.8 Å². The van der Waals surface area contributed by atoms with Crippen molar-refractivity contribution in [3.05, 3.63) is 54.1 Å². The van der Waals surface area contributed by atoms with E-state index in [2.05, 4.69) is 12.1 Å². The minimum absolute atomic E-state index is 0.192. The SMILES string of the molecule is COc1cccc(SC(CN)c2cccc(OC)c2)c1. The number of thioether (sulfide) groups is 1. The van der Waals surface area contributed by atoms with Crippen LogP contribution >= 0.6 is 11.8 Å². The normalized spacial score (nSPS) is 11.9. The molecule has 20 heavy (non-hydrogen) atoms. The fraction of sp³-hybridized carbons (Fsp3) is 0.250. The van der Waals surface area contributed by atoms with E-state index in [1.54, 1.807) is 26.0 Å². The van der Waals surface area contributed by atoms with Crippen LogP contribution in [0.4, 0.5) is 0 Å². The lowest BCUT2D eigenvalue weighted by molar-refractivity contribution is 0.413. The third-order valence-corrected chi connectivity index (χ3v) is 4.27. The van der Waals surface area contributed by atoms with Crippen LogP contribution in [0.2, 0.25) is 0 Å². The molecule has 0 amide bonds. The van der Waals surface area contributed by atoms with Crippen LogP contribution < -0.4 is 15.2 Å². The lowest BCUT2D eigenvalue weighted by atomic mass is 10.1. The molecule has 0 aromatic heterocycles. The molecule has 2 rings (SSSR count). The molecule has 0 radical (unpaired) electrons. The summed E-state index contributed by atoms with van der Waals surface area (Å²) in [5, 5.41) is 0.192. The van der Waals surface area contributed by atoms with Crippen molar-refractivity contribution in [3.8, 4) is 11.5 Å². The van der Waals surface area contributed by atoms with Crippen molar-refractivity contribution in [1.29, 1.82) is 0 Å². The smallest absolute Gasteiger partial charge is 0.119 e. The first kappa shape index (κ1) is 14.8. The van der Waals surface area contributed by atoms with Gasteiger partial charge in [0.2, 0.25) is 0 Å². The number of benzene rings is 2. The van der Waals surface area contributed by atoms with Crippen molar-refractivity contribution in [1.82, 2.24) is 0 Å². The maximum absolute atomic E-state index is 5.92. The van der Waals surface area contributed by atoms with E-state index >= 15 is 0 Å². The minimum atomic E-state index is 0.192. The van der Waals surface area contributed by atoms with Gasteiger partial charge >= 0.3 is 0 Å². The quantitative estimate of drug-likeness (QED) is 0.827. The highest BCUT2D eigenvalue weighted by molar-refractivity contribution is 7.99. The van der Waals surface area contributed by atoms with E-state index in [0.29, 0.717) is 6.54 Å². The fourth-order valence-corrected chi connectivity index (χ4v) is 2.98. The van der Waals surface area contributed by atoms with Gasteiger partial charge in [0, 0.05) is 16.7 Å². The summed E-state index contributed by atoms with van der Waals surface area (Å²) in [4.78, 5) is 1.14. The van der Waals surface area contributed by atoms with Gasteiger partial charge in [0.25, 0.3) is 0 Å². The van der Waals surface area contributed by atoms with Crippen molar-refractivity contribution < 1.29 is 9.47 Å². The van der Waals surface area contributed by atoms with E-state index in [1.165, 1.54) is 5.56 Å². The first-order chi connectivity index (χ1) is 9.76. The zero-order valence-corrected chi connectivity index (χ0v) is 12.5. The highest BCUT2D eigenvalue weighted by atomic mass is 32.2. The highest BCUT2D eigenvalue weighted by Gasteiger charge is 2.12. The molecule has 1 unspecified atom stereocenters. The molecule has 0 aliphatic heterocycles. The molecule has 0 aliphatic carbocycles. The minimum Gasteiger partial charge on any atom is -0.497 e. The highest BCUT2D eigenvalue weighted by Crippen LogP contribution is 2.36. The van der Waals surface area contributed by atoms with Gasteiger partial charge in [-0.3, -0.25) is 0 Å². The topological polar surface area (TPSA) is 44.5 Å². The Hall–Kier alpha value is -1.65. The van der Waals surface area contributed by atoms with Crippen molar-refractivity contribution in [2.24, 2.45) is 5.73 Å². The average molecular weight is 289 g/mol. The van der Waals surface area contributed by atoms with Gasteiger partial charge in [-0.2, -0.15) is 0 Å².